The van der Waals surface area contributed by atoms with E-state index in [-0.39, 0.29) is 16.9 Å². The molecule has 0 fully saturated rings. The minimum absolute atomic E-state index is 0.0241. The number of carboxylic acid groups (broad SMARTS) is 1. The summed E-state index contributed by atoms with van der Waals surface area (Å²) in [5.41, 5.74) is -1.43. The van der Waals surface area contributed by atoms with Gasteiger partial charge in [-0.1, -0.05) is 0 Å². The molecule has 1 unspecified atom stereocenters. The van der Waals surface area contributed by atoms with Crippen molar-refractivity contribution >= 4 is 39.1 Å². The van der Waals surface area contributed by atoms with Crippen LogP contribution in [0.3, 0.4) is 0 Å². The second-order valence-corrected chi connectivity index (χ2v) is 9.77. The smallest absolute Gasteiger partial charge is 0.357 e. The van der Waals surface area contributed by atoms with Crippen LogP contribution >= 0.6 is 0 Å². The van der Waals surface area contributed by atoms with E-state index in [1.165, 1.54) is 37.3 Å². The number of aliphatic hydroxyl groups excluding tert-OH is 1. The van der Waals surface area contributed by atoms with Crippen LogP contribution in [0.4, 0.5) is 10.1 Å². The molecule has 174 valence electrons. The van der Waals surface area contributed by atoms with Gasteiger partial charge in [-0.25, -0.2) is 27.1 Å². The zero-order valence-electron chi connectivity index (χ0n) is 17.9. The van der Waals surface area contributed by atoms with Gasteiger partial charge in [0.05, 0.1) is 10.9 Å². The van der Waals surface area contributed by atoms with Gasteiger partial charge in [0.1, 0.15) is 17.9 Å². The number of carbonyl (C=O) groups is 3. The van der Waals surface area contributed by atoms with Crippen LogP contribution in [0.5, 0.6) is 0 Å². The Labute approximate surface area is 188 Å². The molecule has 2 amide bonds. The molecule has 1 atom stereocenters. The molecule has 1 N–H and O–H groups in total. The summed E-state index contributed by atoms with van der Waals surface area (Å²) >= 11 is 0. The van der Waals surface area contributed by atoms with Crippen LogP contribution in [0, 0.1) is 5.82 Å². The Morgan fingerprint density at radius 2 is 1.91 bits per heavy atom. The normalized spacial score (nSPS) is 18.1. The zero-order chi connectivity index (χ0) is 24.7. The first-order valence-electron chi connectivity index (χ1n) is 9.50. The number of hydrogen-bond donors (Lipinski definition) is 1. The molecule has 33 heavy (non-hydrogen) atoms. The van der Waals surface area contributed by atoms with Crippen LogP contribution in [0.15, 0.2) is 47.0 Å². The molecule has 1 aromatic carbocycles. The zero-order valence-corrected chi connectivity index (χ0v) is 18.7. The van der Waals surface area contributed by atoms with Crippen molar-refractivity contribution in [1.29, 1.82) is 0 Å². The maximum atomic E-state index is 13.9. The van der Waals surface area contributed by atoms with Crippen LogP contribution in [0.25, 0.3) is 5.76 Å². The Morgan fingerprint density at radius 1 is 1.24 bits per heavy atom. The Bertz CT molecular complexity index is 1320. The highest BCUT2D eigenvalue weighted by Gasteiger charge is 2.51. The number of nitrogens with zero attached hydrogens (tertiary/aromatic N) is 3. The number of amides is 2. The predicted molar refractivity (Wildman–Crippen MR) is 112 cm³/mol. The number of aliphatic hydroxyl groups is 1. The van der Waals surface area contributed by atoms with E-state index in [4.69, 9.17) is 0 Å². The first-order chi connectivity index (χ1) is 15.3. The van der Waals surface area contributed by atoms with Gasteiger partial charge in [0.15, 0.2) is 33.5 Å². The Balaban J connectivity index is 2.38. The van der Waals surface area contributed by atoms with Crippen molar-refractivity contribution in [1.82, 2.24) is 14.4 Å². The van der Waals surface area contributed by atoms with E-state index >= 15 is 0 Å². The van der Waals surface area contributed by atoms with Gasteiger partial charge in [0, 0.05) is 38.2 Å². The van der Waals surface area contributed by atoms with Crippen LogP contribution < -0.4 is 9.59 Å². The highest BCUT2D eigenvalue weighted by atomic mass is 32.2. The van der Waals surface area contributed by atoms with Crippen LogP contribution in [0.1, 0.15) is 11.3 Å². The van der Waals surface area contributed by atoms with Crippen LogP contribution in [0.2, 0.25) is 0 Å². The molecule has 0 aliphatic carbocycles. The van der Waals surface area contributed by atoms with Gasteiger partial charge >= 0.3 is 5.91 Å². The summed E-state index contributed by atoms with van der Waals surface area (Å²) in [6, 6.07) is 5.69. The molecule has 0 saturated heterocycles. The Kier molecular flexibility index (Phi) is 6.09. The van der Waals surface area contributed by atoms with E-state index in [0.717, 1.165) is 24.5 Å². The number of rotatable bonds is 6. The van der Waals surface area contributed by atoms with Crippen LogP contribution in [-0.2, 0) is 30.8 Å². The van der Waals surface area contributed by atoms with Gasteiger partial charge in [-0.15, -0.1) is 0 Å². The minimum Gasteiger partial charge on any atom is -0.544 e. The van der Waals surface area contributed by atoms with Gasteiger partial charge in [-0.05, 0) is 24.3 Å². The van der Waals surface area contributed by atoms with Gasteiger partial charge in [-0.2, -0.15) is 0 Å². The molecular weight excluding hydrogens is 457 g/mol. The molecule has 10 nitrogen and oxygen atoms in total. The largest absolute Gasteiger partial charge is 0.544 e. The number of hydrogen-bond acceptors (Lipinski definition) is 8. The number of aromatic nitrogens is 1. The molecule has 1 aliphatic rings. The molecule has 12 heteroatoms. The lowest BCUT2D eigenvalue weighted by molar-refractivity contribution is -0.299. The summed E-state index contributed by atoms with van der Waals surface area (Å²) in [7, 11) is -1.13. The summed E-state index contributed by atoms with van der Waals surface area (Å²) in [6.45, 7) is -1.17. The first-order valence-corrected chi connectivity index (χ1v) is 11.4. The summed E-state index contributed by atoms with van der Waals surface area (Å²) in [4.78, 5) is 42.8. The topological polar surface area (TPSA) is 145 Å². The number of quaternary nitrogens is 1. The number of sulfone groups is 1. The third-order valence-electron chi connectivity index (χ3n) is 5.29. The monoisotopic (exact) mass is 477 g/mol. The standard InChI is InChI=1S/C21H20FN3O7S/c1-24(2)16(26)11-25(10-12-6-7-13(22)9-15(12)33(3,31)32)14-5-4-8-23-18(14)19(27)17(20(25)28)21(29)30/h4-9H,10-11H2,1-3H3,(H-,27,28,29,30). The van der Waals surface area contributed by atoms with Crippen molar-refractivity contribution in [2.45, 2.75) is 11.4 Å². The fraction of sp³-hybridized carbons (Fsp3) is 0.238. The van der Waals surface area contributed by atoms with Crippen molar-refractivity contribution in [3.8, 4) is 0 Å². The lowest BCUT2D eigenvalue weighted by Gasteiger charge is -2.39. The molecule has 0 radical (unpaired) electrons. The Morgan fingerprint density at radius 3 is 2.48 bits per heavy atom. The molecule has 2 aromatic rings. The highest BCUT2D eigenvalue weighted by Crippen LogP contribution is 2.40. The lowest BCUT2D eigenvalue weighted by Crippen LogP contribution is -2.61. The SMILES string of the molecule is CN(C)C(=O)C[N+]1(Cc2ccc(F)cc2S(C)(=O)=O)C(=O)C(C(=O)[O-])=C(O)c2ncccc21. The molecule has 2 heterocycles. The van der Waals surface area contributed by atoms with Gasteiger partial charge in [0.25, 0.3) is 5.91 Å². The average molecular weight is 477 g/mol. The van der Waals surface area contributed by atoms with E-state index in [0.29, 0.717) is 0 Å². The van der Waals surface area contributed by atoms with E-state index < -0.39 is 67.2 Å². The van der Waals surface area contributed by atoms with Crippen molar-refractivity contribution in [2.75, 3.05) is 26.9 Å². The predicted octanol–water partition coefficient (Wildman–Crippen LogP) is -0.221. The maximum absolute atomic E-state index is 13.9. The van der Waals surface area contributed by atoms with Crippen molar-refractivity contribution in [2.24, 2.45) is 0 Å². The second kappa shape index (κ2) is 8.37. The van der Waals surface area contributed by atoms with E-state index in [2.05, 4.69) is 4.98 Å². The van der Waals surface area contributed by atoms with Crippen molar-refractivity contribution < 1.29 is 37.4 Å². The molecule has 1 aromatic heterocycles. The van der Waals surface area contributed by atoms with Crippen molar-refractivity contribution in [3.05, 3.63) is 59.2 Å². The second-order valence-electron chi connectivity index (χ2n) is 7.78. The minimum atomic E-state index is -3.98. The molecule has 0 bridgehead atoms. The third-order valence-corrected chi connectivity index (χ3v) is 6.47. The lowest BCUT2D eigenvalue weighted by atomic mass is 9.98. The van der Waals surface area contributed by atoms with Crippen molar-refractivity contribution in [3.63, 3.8) is 0 Å². The molecular formula is C21H20FN3O7S. The summed E-state index contributed by atoms with van der Waals surface area (Å²) in [5.74, 6) is -5.55. The van der Waals surface area contributed by atoms with Gasteiger partial charge < -0.3 is 19.9 Å². The number of halogens is 1. The quantitative estimate of drug-likeness (QED) is 0.444. The molecule has 0 spiro atoms. The van der Waals surface area contributed by atoms with Crippen LogP contribution in [-0.4, -0.2) is 68.1 Å². The summed E-state index contributed by atoms with van der Waals surface area (Å²) in [5, 5.41) is 22.2. The molecule has 1 aliphatic heterocycles. The van der Waals surface area contributed by atoms with Gasteiger partial charge in [0.2, 0.25) is 0 Å². The summed E-state index contributed by atoms with van der Waals surface area (Å²) in [6.07, 6.45) is 2.10. The van der Waals surface area contributed by atoms with E-state index in [9.17, 15) is 37.4 Å². The fourth-order valence-corrected chi connectivity index (χ4v) is 4.62. The number of carboxylic acids is 1. The maximum Gasteiger partial charge on any atom is 0.357 e. The van der Waals surface area contributed by atoms with Gasteiger partial charge in [-0.3, -0.25) is 4.79 Å². The average Bonchev–Trinajstić information content (AvgIpc) is 2.72. The third kappa shape index (κ3) is 4.22. The molecule has 3 rings (SSSR count). The fourth-order valence-electron chi connectivity index (χ4n) is 3.69. The number of carbonyl (C=O) groups excluding carboxylic acids is 3. The molecule has 0 saturated carbocycles. The van der Waals surface area contributed by atoms with E-state index in [1.54, 1.807) is 0 Å². The number of likely N-dealkylation sites (N-methyl/N-ethyl adjacent to an activating group) is 1. The highest BCUT2D eigenvalue weighted by molar-refractivity contribution is 7.90. The van der Waals surface area contributed by atoms with E-state index in [1.807, 2.05) is 0 Å². The number of aliphatic carboxylic acids is 1. The first kappa shape index (κ1) is 24.0. The summed E-state index contributed by atoms with van der Waals surface area (Å²) < 4.78 is 37.5. The number of benzene rings is 1. The Hall–Kier alpha value is -3.64. The number of fused-ring (bicyclic) bond motifs is 1. The number of pyridine rings is 1.